The summed E-state index contributed by atoms with van der Waals surface area (Å²) < 4.78 is 0. The maximum atomic E-state index is 13.0. The molecular formula is C16H28N2O2. The molecule has 1 saturated carbocycles. The van der Waals surface area contributed by atoms with Crippen LogP contribution in [0.15, 0.2) is 0 Å². The number of carbonyl (C=O) groups is 2. The van der Waals surface area contributed by atoms with Crippen LogP contribution >= 0.6 is 0 Å². The predicted molar refractivity (Wildman–Crippen MR) is 79.2 cm³/mol. The zero-order valence-electron chi connectivity index (χ0n) is 13.1. The molecule has 1 atom stereocenters. The second kappa shape index (κ2) is 6.15. The Morgan fingerprint density at radius 1 is 1.20 bits per heavy atom. The second-order valence-corrected chi connectivity index (χ2v) is 6.40. The highest BCUT2D eigenvalue weighted by Crippen LogP contribution is 2.34. The normalized spacial score (nSPS) is 24.1. The molecule has 0 aromatic heterocycles. The summed E-state index contributed by atoms with van der Waals surface area (Å²) in [6.45, 7) is 7.08. The molecule has 0 radical (unpaired) electrons. The Balaban J connectivity index is 2.23. The third-order valence-corrected chi connectivity index (χ3v) is 5.31. The molecule has 0 aromatic rings. The van der Waals surface area contributed by atoms with Crippen LogP contribution in [-0.4, -0.2) is 34.8 Å². The molecule has 2 fully saturated rings. The van der Waals surface area contributed by atoms with E-state index in [-0.39, 0.29) is 17.9 Å². The molecule has 0 aromatic carbocycles. The van der Waals surface area contributed by atoms with Crippen molar-refractivity contribution in [3.63, 3.8) is 0 Å². The van der Waals surface area contributed by atoms with Crippen molar-refractivity contribution in [3.05, 3.63) is 0 Å². The molecule has 1 aliphatic heterocycles. The number of nitrogens with zero attached hydrogens (tertiary/aromatic N) is 1. The zero-order valence-corrected chi connectivity index (χ0v) is 13.1. The van der Waals surface area contributed by atoms with Crippen LogP contribution in [0.4, 0.5) is 0 Å². The van der Waals surface area contributed by atoms with Crippen LogP contribution in [0.25, 0.3) is 0 Å². The quantitative estimate of drug-likeness (QED) is 0.860. The lowest BCUT2D eigenvalue weighted by molar-refractivity contribution is -0.141. The minimum atomic E-state index is -0.589. The van der Waals surface area contributed by atoms with E-state index < -0.39 is 5.54 Å². The van der Waals surface area contributed by atoms with Crippen molar-refractivity contribution in [2.45, 2.75) is 77.3 Å². The van der Waals surface area contributed by atoms with Crippen molar-refractivity contribution in [1.82, 2.24) is 10.2 Å². The largest absolute Gasteiger partial charge is 0.342 e. The Bertz CT molecular complexity index is 371. The monoisotopic (exact) mass is 280 g/mol. The SMILES string of the molecule is CCC(CC)C(C)N1CCC(=O)NC2(CCCC2)C1=O. The maximum Gasteiger partial charge on any atom is 0.248 e. The molecule has 1 aliphatic carbocycles. The molecule has 4 nitrogen and oxygen atoms in total. The molecule has 4 heteroatoms. The first-order chi connectivity index (χ1) is 9.54. The van der Waals surface area contributed by atoms with Crippen LogP contribution in [0.5, 0.6) is 0 Å². The van der Waals surface area contributed by atoms with Gasteiger partial charge >= 0.3 is 0 Å². The van der Waals surface area contributed by atoms with Gasteiger partial charge in [0, 0.05) is 19.0 Å². The van der Waals surface area contributed by atoms with E-state index in [0.717, 1.165) is 38.5 Å². The summed E-state index contributed by atoms with van der Waals surface area (Å²) >= 11 is 0. The van der Waals surface area contributed by atoms with Crippen molar-refractivity contribution in [1.29, 1.82) is 0 Å². The number of rotatable bonds is 4. The van der Waals surface area contributed by atoms with Gasteiger partial charge in [-0.15, -0.1) is 0 Å². The molecular weight excluding hydrogens is 252 g/mol. The molecule has 114 valence electrons. The standard InChI is InChI=1S/C16H28N2O2/c1-4-13(5-2)12(3)18-11-8-14(19)17-16(15(18)20)9-6-7-10-16/h12-13H,4-11H2,1-3H3,(H,17,19). The molecule has 0 bridgehead atoms. The third-order valence-electron chi connectivity index (χ3n) is 5.31. The van der Waals surface area contributed by atoms with Crippen LogP contribution in [-0.2, 0) is 9.59 Å². The fourth-order valence-electron chi connectivity index (χ4n) is 3.91. The summed E-state index contributed by atoms with van der Waals surface area (Å²) in [4.78, 5) is 27.0. The zero-order chi connectivity index (χ0) is 14.8. The lowest BCUT2D eigenvalue weighted by Crippen LogP contribution is -2.57. The summed E-state index contributed by atoms with van der Waals surface area (Å²) in [6, 6.07) is 0.225. The summed E-state index contributed by atoms with van der Waals surface area (Å²) in [5.74, 6) is 0.727. The predicted octanol–water partition coefficient (Wildman–Crippen LogP) is 2.47. The summed E-state index contributed by atoms with van der Waals surface area (Å²) in [5, 5.41) is 3.03. The Labute approximate surface area is 122 Å². The Morgan fingerprint density at radius 2 is 1.80 bits per heavy atom. The van der Waals surface area contributed by atoms with Crippen LogP contribution in [0.3, 0.4) is 0 Å². The first kappa shape index (κ1) is 15.3. The molecule has 1 saturated heterocycles. The number of nitrogens with one attached hydrogen (secondary N) is 1. The van der Waals surface area contributed by atoms with E-state index in [1.165, 1.54) is 0 Å². The van der Waals surface area contributed by atoms with Crippen LogP contribution in [0, 0.1) is 5.92 Å². The highest BCUT2D eigenvalue weighted by molar-refractivity contribution is 5.94. The van der Waals surface area contributed by atoms with Gasteiger partial charge in [0.25, 0.3) is 0 Å². The third kappa shape index (κ3) is 2.70. The van der Waals surface area contributed by atoms with Gasteiger partial charge < -0.3 is 10.2 Å². The van der Waals surface area contributed by atoms with Crippen LogP contribution in [0.1, 0.15) is 65.7 Å². The van der Waals surface area contributed by atoms with E-state index >= 15 is 0 Å². The van der Waals surface area contributed by atoms with Gasteiger partial charge in [0.05, 0.1) is 0 Å². The van der Waals surface area contributed by atoms with Gasteiger partial charge in [-0.3, -0.25) is 9.59 Å². The first-order valence-corrected chi connectivity index (χ1v) is 8.16. The van der Waals surface area contributed by atoms with Crippen molar-refractivity contribution in [2.75, 3.05) is 6.54 Å². The highest BCUT2D eigenvalue weighted by Gasteiger charge is 2.47. The summed E-state index contributed by atoms with van der Waals surface area (Å²) in [7, 11) is 0. The number of carbonyl (C=O) groups excluding carboxylic acids is 2. The molecule has 20 heavy (non-hydrogen) atoms. The fraction of sp³-hybridized carbons (Fsp3) is 0.875. The van der Waals surface area contributed by atoms with Gasteiger partial charge in [-0.2, -0.15) is 0 Å². The van der Waals surface area contributed by atoms with E-state index in [1.807, 2.05) is 4.90 Å². The average Bonchev–Trinajstić information content (AvgIpc) is 2.85. The Kier molecular flexibility index (Phi) is 4.71. The molecule has 1 heterocycles. The molecule has 1 spiro atoms. The minimum Gasteiger partial charge on any atom is -0.342 e. The van der Waals surface area contributed by atoms with E-state index in [0.29, 0.717) is 18.9 Å². The molecule has 2 rings (SSSR count). The minimum absolute atomic E-state index is 0.0412. The highest BCUT2D eigenvalue weighted by atomic mass is 16.2. The van der Waals surface area contributed by atoms with E-state index in [2.05, 4.69) is 26.1 Å². The maximum absolute atomic E-state index is 13.0. The van der Waals surface area contributed by atoms with Crippen molar-refractivity contribution < 1.29 is 9.59 Å². The number of amides is 2. The summed E-state index contributed by atoms with van der Waals surface area (Å²) in [6.07, 6.45) is 6.30. The number of hydrogen-bond donors (Lipinski definition) is 1. The molecule has 1 unspecified atom stereocenters. The second-order valence-electron chi connectivity index (χ2n) is 6.40. The van der Waals surface area contributed by atoms with Gasteiger partial charge in [0.2, 0.25) is 11.8 Å². The Hall–Kier alpha value is -1.06. The average molecular weight is 280 g/mol. The van der Waals surface area contributed by atoms with Crippen molar-refractivity contribution in [3.8, 4) is 0 Å². The first-order valence-electron chi connectivity index (χ1n) is 8.16. The van der Waals surface area contributed by atoms with E-state index in [4.69, 9.17) is 0 Å². The van der Waals surface area contributed by atoms with Gasteiger partial charge in [-0.1, -0.05) is 39.5 Å². The van der Waals surface area contributed by atoms with Crippen molar-refractivity contribution >= 4 is 11.8 Å². The smallest absolute Gasteiger partial charge is 0.248 e. The van der Waals surface area contributed by atoms with Gasteiger partial charge in [0.1, 0.15) is 5.54 Å². The molecule has 2 aliphatic rings. The molecule has 1 N–H and O–H groups in total. The van der Waals surface area contributed by atoms with E-state index in [9.17, 15) is 9.59 Å². The molecule has 2 amide bonds. The van der Waals surface area contributed by atoms with Gasteiger partial charge in [-0.05, 0) is 25.7 Å². The fourth-order valence-corrected chi connectivity index (χ4v) is 3.91. The van der Waals surface area contributed by atoms with Crippen LogP contribution in [0.2, 0.25) is 0 Å². The lowest BCUT2D eigenvalue weighted by atomic mass is 9.90. The van der Waals surface area contributed by atoms with Crippen LogP contribution < -0.4 is 5.32 Å². The van der Waals surface area contributed by atoms with E-state index in [1.54, 1.807) is 0 Å². The lowest BCUT2D eigenvalue weighted by Gasteiger charge is -2.38. The van der Waals surface area contributed by atoms with Gasteiger partial charge in [0.15, 0.2) is 0 Å². The summed E-state index contributed by atoms with van der Waals surface area (Å²) in [5.41, 5.74) is -0.589. The van der Waals surface area contributed by atoms with Crippen molar-refractivity contribution in [2.24, 2.45) is 5.92 Å². The number of hydrogen-bond acceptors (Lipinski definition) is 2. The Morgan fingerprint density at radius 3 is 2.35 bits per heavy atom. The van der Waals surface area contributed by atoms with Gasteiger partial charge in [-0.25, -0.2) is 0 Å². The topological polar surface area (TPSA) is 49.4 Å².